The number of carbonyl (C=O) groups excluding carboxylic acids is 1. The van der Waals surface area contributed by atoms with E-state index >= 15 is 0 Å². The van der Waals surface area contributed by atoms with Gasteiger partial charge in [0.2, 0.25) is 5.91 Å². The second-order valence-electron chi connectivity index (χ2n) is 7.06. The smallest absolute Gasteiger partial charge is 0.234 e. The van der Waals surface area contributed by atoms with Crippen LogP contribution in [0.15, 0.2) is 17.5 Å². The highest BCUT2D eigenvalue weighted by Crippen LogP contribution is 2.21. The molecule has 0 unspecified atom stereocenters. The number of hydrogen-bond acceptors (Lipinski definition) is 5. The molecule has 4 nitrogen and oxygen atoms in total. The van der Waals surface area contributed by atoms with Gasteiger partial charge in [0.05, 0.1) is 6.54 Å². The first-order valence-corrected chi connectivity index (χ1v) is 11.0. The third kappa shape index (κ3) is 5.48. The Morgan fingerprint density at radius 2 is 2.38 bits per heavy atom. The summed E-state index contributed by atoms with van der Waals surface area (Å²) in [7, 11) is 2.08. The molecule has 0 saturated carbocycles. The molecule has 2 fully saturated rings. The third-order valence-electron chi connectivity index (χ3n) is 5.07. The van der Waals surface area contributed by atoms with Crippen LogP contribution in [0.4, 0.5) is 0 Å². The average Bonchev–Trinajstić information content (AvgIpc) is 3.27. The topological polar surface area (TPSA) is 35.6 Å². The Balaban J connectivity index is 1.36. The minimum atomic E-state index is 0.185. The molecule has 134 valence electrons. The standard InChI is InChI=1S/C18H29N3OS2/c1-20(16-6-9-23-14-16)13-18(22)19-10-15-4-2-7-21(11-15)12-17-5-3-8-24-17/h3,5,8,15-16H,2,4,6-7,9-14H2,1H3,(H,19,22)/t15-,16+/m0/s1. The molecule has 0 radical (unpaired) electrons. The van der Waals surface area contributed by atoms with Crippen LogP contribution in [-0.2, 0) is 11.3 Å². The van der Waals surface area contributed by atoms with E-state index in [-0.39, 0.29) is 5.91 Å². The quantitative estimate of drug-likeness (QED) is 0.803. The fourth-order valence-corrected chi connectivity index (χ4v) is 5.67. The first-order valence-electron chi connectivity index (χ1n) is 9.00. The summed E-state index contributed by atoms with van der Waals surface area (Å²) in [5, 5.41) is 5.32. The zero-order chi connectivity index (χ0) is 16.8. The Hall–Kier alpha value is -0.560. The van der Waals surface area contributed by atoms with Gasteiger partial charge in [-0.05, 0) is 56.0 Å². The Morgan fingerprint density at radius 1 is 1.46 bits per heavy atom. The molecule has 2 saturated heterocycles. The Kier molecular flexibility index (Phi) is 7.01. The monoisotopic (exact) mass is 367 g/mol. The lowest BCUT2D eigenvalue weighted by Gasteiger charge is -2.32. The summed E-state index contributed by atoms with van der Waals surface area (Å²) < 4.78 is 0. The SMILES string of the molecule is CN(CC(=O)NC[C@@H]1CCCN(Cc2cccs2)C1)[C@@H]1CCSC1. The van der Waals surface area contributed by atoms with Crippen LogP contribution in [-0.4, -0.2) is 66.5 Å². The predicted molar refractivity (Wildman–Crippen MR) is 104 cm³/mol. The van der Waals surface area contributed by atoms with Gasteiger partial charge in [-0.25, -0.2) is 0 Å². The van der Waals surface area contributed by atoms with Crippen molar-refractivity contribution in [3.63, 3.8) is 0 Å². The van der Waals surface area contributed by atoms with E-state index in [0.29, 0.717) is 18.5 Å². The van der Waals surface area contributed by atoms with Crippen LogP contribution in [0.2, 0.25) is 0 Å². The predicted octanol–water partition coefficient (Wildman–Crippen LogP) is 2.51. The number of thioether (sulfide) groups is 1. The number of hydrogen-bond donors (Lipinski definition) is 1. The molecule has 3 rings (SSSR count). The fourth-order valence-electron chi connectivity index (χ4n) is 3.62. The van der Waals surface area contributed by atoms with Crippen LogP contribution in [0.5, 0.6) is 0 Å². The summed E-state index contributed by atoms with van der Waals surface area (Å²) in [6.07, 6.45) is 3.69. The maximum absolute atomic E-state index is 12.2. The van der Waals surface area contributed by atoms with E-state index in [1.165, 1.54) is 42.2 Å². The van der Waals surface area contributed by atoms with Crippen molar-refractivity contribution in [2.45, 2.75) is 31.8 Å². The highest BCUT2D eigenvalue weighted by atomic mass is 32.2. The van der Waals surface area contributed by atoms with Gasteiger partial charge >= 0.3 is 0 Å². The van der Waals surface area contributed by atoms with E-state index in [9.17, 15) is 4.79 Å². The highest BCUT2D eigenvalue weighted by Gasteiger charge is 2.23. The number of carbonyl (C=O) groups is 1. The normalized spacial score (nSPS) is 25.2. The number of amides is 1. The van der Waals surface area contributed by atoms with Crippen LogP contribution in [0.1, 0.15) is 24.1 Å². The lowest BCUT2D eigenvalue weighted by molar-refractivity contribution is -0.122. The van der Waals surface area contributed by atoms with Gasteiger partial charge in [0.15, 0.2) is 0 Å². The van der Waals surface area contributed by atoms with E-state index in [0.717, 1.165) is 19.6 Å². The van der Waals surface area contributed by atoms with Crippen LogP contribution >= 0.6 is 23.1 Å². The summed E-state index contributed by atoms with van der Waals surface area (Å²) in [5.41, 5.74) is 0. The van der Waals surface area contributed by atoms with Crippen molar-refractivity contribution < 1.29 is 4.79 Å². The van der Waals surface area contributed by atoms with Gasteiger partial charge in [-0.3, -0.25) is 14.6 Å². The summed E-state index contributed by atoms with van der Waals surface area (Å²) in [5.74, 6) is 3.18. The van der Waals surface area contributed by atoms with Crippen LogP contribution in [0.3, 0.4) is 0 Å². The van der Waals surface area contributed by atoms with Gasteiger partial charge in [-0.1, -0.05) is 6.07 Å². The molecule has 0 aromatic carbocycles. The summed E-state index contributed by atoms with van der Waals surface area (Å²) in [6, 6.07) is 4.92. The number of nitrogens with one attached hydrogen (secondary N) is 1. The minimum absolute atomic E-state index is 0.185. The molecule has 1 N–H and O–H groups in total. The molecule has 1 amide bonds. The molecule has 0 spiro atoms. The van der Waals surface area contributed by atoms with E-state index in [1.54, 1.807) is 0 Å². The molecule has 2 aliphatic rings. The molecule has 24 heavy (non-hydrogen) atoms. The number of nitrogens with zero attached hydrogens (tertiary/aromatic N) is 2. The van der Waals surface area contributed by atoms with Gasteiger partial charge in [-0.15, -0.1) is 11.3 Å². The van der Waals surface area contributed by atoms with E-state index < -0.39 is 0 Å². The lowest BCUT2D eigenvalue weighted by Crippen LogP contribution is -2.44. The number of thiophene rings is 1. The Morgan fingerprint density at radius 3 is 3.12 bits per heavy atom. The van der Waals surface area contributed by atoms with Crippen molar-refractivity contribution in [3.8, 4) is 0 Å². The molecule has 1 aromatic heterocycles. The Labute approximate surface area is 154 Å². The molecular weight excluding hydrogens is 338 g/mol. The molecule has 6 heteroatoms. The molecule has 0 bridgehead atoms. The van der Waals surface area contributed by atoms with Crippen LogP contribution in [0, 0.1) is 5.92 Å². The average molecular weight is 368 g/mol. The van der Waals surface area contributed by atoms with Gasteiger partial charge in [0.1, 0.15) is 0 Å². The maximum atomic E-state index is 12.2. The van der Waals surface area contributed by atoms with Gasteiger partial charge in [-0.2, -0.15) is 11.8 Å². The fraction of sp³-hybridized carbons (Fsp3) is 0.722. The van der Waals surface area contributed by atoms with Crippen molar-refractivity contribution in [1.29, 1.82) is 0 Å². The third-order valence-corrected chi connectivity index (χ3v) is 7.08. The van der Waals surface area contributed by atoms with Crippen molar-refractivity contribution >= 4 is 29.0 Å². The summed E-state index contributed by atoms with van der Waals surface area (Å²) in [6.45, 7) is 4.71. The van der Waals surface area contributed by atoms with Gasteiger partial charge in [0.25, 0.3) is 0 Å². The van der Waals surface area contributed by atoms with E-state index in [2.05, 4.69) is 39.7 Å². The number of likely N-dealkylation sites (N-methyl/N-ethyl adjacent to an activating group) is 1. The molecule has 2 aliphatic heterocycles. The number of likely N-dealkylation sites (tertiary alicyclic amines) is 1. The molecule has 3 heterocycles. The molecular formula is C18H29N3OS2. The Bertz CT molecular complexity index is 502. The zero-order valence-electron chi connectivity index (χ0n) is 14.6. The minimum Gasteiger partial charge on any atom is -0.355 e. The van der Waals surface area contributed by atoms with E-state index in [1.807, 2.05) is 23.1 Å². The zero-order valence-corrected chi connectivity index (χ0v) is 16.2. The second-order valence-corrected chi connectivity index (χ2v) is 9.24. The molecule has 2 atom stereocenters. The van der Waals surface area contributed by atoms with Crippen molar-refractivity contribution in [3.05, 3.63) is 22.4 Å². The van der Waals surface area contributed by atoms with Gasteiger partial charge < -0.3 is 5.32 Å². The first-order chi connectivity index (χ1) is 11.7. The van der Waals surface area contributed by atoms with E-state index in [4.69, 9.17) is 0 Å². The van der Waals surface area contributed by atoms with Crippen molar-refractivity contribution in [2.75, 3.05) is 44.7 Å². The molecule has 0 aliphatic carbocycles. The highest BCUT2D eigenvalue weighted by molar-refractivity contribution is 7.99. The van der Waals surface area contributed by atoms with Crippen LogP contribution in [0.25, 0.3) is 0 Å². The second kappa shape index (κ2) is 9.22. The van der Waals surface area contributed by atoms with Crippen molar-refractivity contribution in [2.24, 2.45) is 5.92 Å². The van der Waals surface area contributed by atoms with Gasteiger partial charge in [0, 0.05) is 36.3 Å². The maximum Gasteiger partial charge on any atom is 0.234 e. The summed E-state index contributed by atoms with van der Waals surface area (Å²) in [4.78, 5) is 18.4. The number of piperidine rings is 1. The number of rotatable bonds is 7. The van der Waals surface area contributed by atoms with Crippen molar-refractivity contribution in [1.82, 2.24) is 15.1 Å². The van der Waals surface area contributed by atoms with Crippen LogP contribution < -0.4 is 5.32 Å². The lowest BCUT2D eigenvalue weighted by atomic mass is 9.98. The molecule has 1 aromatic rings. The first kappa shape index (κ1) is 18.2. The summed E-state index contributed by atoms with van der Waals surface area (Å²) >= 11 is 3.83. The largest absolute Gasteiger partial charge is 0.355 e.